The van der Waals surface area contributed by atoms with E-state index in [1.165, 1.54) is 24.3 Å². The molecule has 0 aliphatic carbocycles. The SMILES string of the molecule is CS(=O)(=O)Nc1ccc(OP(O)O)cc1. The lowest BCUT2D eigenvalue weighted by molar-refractivity contribution is 0.375. The van der Waals surface area contributed by atoms with Crippen LogP contribution >= 0.6 is 8.60 Å². The molecule has 0 saturated heterocycles. The van der Waals surface area contributed by atoms with Crippen LogP contribution < -0.4 is 9.25 Å². The highest BCUT2D eigenvalue weighted by molar-refractivity contribution is 7.92. The smallest absolute Gasteiger partial charge is 0.391 e. The van der Waals surface area contributed by atoms with Crippen molar-refractivity contribution < 1.29 is 22.7 Å². The van der Waals surface area contributed by atoms with Crippen LogP contribution in [0.15, 0.2) is 24.3 Å². The first kappa shape index (κ1) is 12.2. The Bertz CT molecular complexity index is 416. The van der Waals surface area contributed by atoms with Gasteiger partial charge in [-0.3, -0.25) is 4.72 Å². The highest BCUT2D eigenvalue weighted by atomic mass is 32.2. The second kappa shape index (κ2) is 4.76. The predicted octanol–water partition coefficient (Wildman–Crippen LogP) is 0.648. The third-order valence-corrected chi connectivity index (χ3v) is 2.33. The standard InChI is InChI=1S/C7H10NO5PS/c1-15(11,12)8-6-2-4-7(5-3-6)13-14(9)10/h2-5,8-10H,1H3. The van der Waals surface area contributed by atoms with Crippen molar-refractivity contribution in [1.82, 2.24) is 0 Å². The Morgan fingerprint density at radius 1 is 1.27 bits per heavy atom. The first-order chi connectivity index (χ1) is 6.87. The minimum Gasteiger partial charge on any atom is -0.427 e. The number of anilines is 1. The molecule has 1 rings (SSSR count). The van der Waals surface area contributed by atoms with Gasteiger partial charge < -0.3 is 14.3 Å². The summed E-state index contributed by atoms with van der Waals surface area (Å²) in [6.45, 7) is 0. The summed E-state index contributed by atoms with van der Waals surface area (Å²) in [5.41, 5.74) is 0.380. The van der Waals surface area contributed by atoms with Crippen molar-refractivity contribution in [3.05, 3.63) is 24.3 Å². The van der Waals surface area contributed by atoms with Gasteiger partial charge in [0.25, 0.3) is 0 Å². The van der Waals surface area contributed by atoms with E-state index in [0.717, 1.165) is 6.26 Å². The summed E-state index contributed by atoms with van der Waals surface area (Å²) in [6, 6.07) is 5.76. The molecule has 84 valence electrons. The maximum Gasteiger partial charge on any atom is 0.391 e. The molecule has 0 radical (unpaired) electrons. The molecule has 1 aromatic rings. The lowest BCUT2D eigenvalue weighted by Crippen LogP contribution is -2.09. The molecule has 0 amide bonds. The fraction of sp³-hybridized carbons (Fsp3) is 0.143. The van der Waals surface area contributed by atoms with Crippen LogP contribution in [0.25, 0.3) is 0 Å². The van der Waals surface area contributed by atoms with Gasteiger partial charge in [0.1, 0.15) is 5.75 Å². The number of hydrogen-bond donors (Lipinski definition) is 3. The van der Waals surface area contributed by atoms with Crippen molar-refractivity contribution in [3.63, 3.8) is 0 Å². The van der Waals surface area contributed by atoms with E-state index < -0.39 is 18.6 Å². The Labute approximate surface area is 88.6 Å². The third kappa shape index (κ3) is 4.94. The molecule has 0 unspecified atom stereocenters. The number of sulfonamides is 1. The minimum absolute atomic E-state index is 0.255. The molecule has 0 aliphatic rings. The van der Waals surface area contributed by atoms with E-state index in [-0.39, 0.29) is 5.75 Å². The molecule has 0 heterocycles. The number of hydrogen-bond acceptors (Lipinski definition) is 5. The van der Waals surface area contributed by atoms with E-state index in [1.54, 1.807) is 0 Å². The highest BCUT2D eigenvalue weighted by Gasteiger charge is 2.04. The van der Waals surface area contributed by atoms with Crippen LogP contribution in [0.5, 0.6) is 5.75 Å². The van der Waals surface area contributed by atoms with Crippen molar-refractivity contribution in [2.75, 3.05) is 11.0 Å². The maximum absolute atomic E-state index is 10.8. The van der Waals surface area contributed by atoms with Crippen LogP contribution in [0, 0.1) is 0 Å². The Morgan fingerprint density at radius 3 is 2.20 bits per heavy atom. The molecule has 6 nitrogen and oxygen atoms in total. The quantitative estimate of drug-likeness (QED) is 0.683. The molecule has 8 heteroatoms. The van der Waals surface area contributed by atoms with E-state index in [2.05, 4.69) is 9.25 Å². The number of benzene rings is 1. The Morgan fingerprint density at radius 2 is 1.80 bits per heavy atom. The molecule has 0 spiro atoms. The zero-order valence-electron chi connectivity index (χ0n) is 7.78. The van der Waals surface area contributed by atoms with Crippen LogP contribution in [0.3, 0.4) is 0 Å². The van der Waals surface area contributed by atoms with Crippen LogP contribution in [-0.4, -0.2) is 24.5 Å². The van der Waals surface area contributed by atoms with Gasteiger partial charge in [0, 0.05) is 5.69 Å². The van der Waals surface area contributed by atoms with Gasteiger partial charge in [0.05, 0.1) is 6.26 Å². The van der Waals surface area contributed by atoms with Crippen molar-refractivity contribution >= 4 is 24.3 Å². The van der Waals surface area contributed by atoms with E-state index >= 15 is 0 Å². The van der Waals surface area contributed by atoms with Gasteiger partial charge in [0.15, 0.2) is 0 Å². The molecule has 0 saturated carbocycles. The van der Waals surface area contributed by atoms with E-state index in [9.17, 15) is 8.42 Å². The summed E-state index contributed by atoms with van der Waals surface area (Å²) >= 11 is 0. The second-order valence-electron chi connectivity index (χ2n) is 2.74. The zero-order chi connectivity index (χ0) is 11.5. The molecule has 0 bridgehead atoms. The van der Waals surface area contributed by atoms with Crippen LogP contribution in [0.4, 0.5) is 5.69 Å². The minimum atomic E-state index is -3.30. The van der Waals surface area contributed by atoms with Crippen LogP contribution in [0.2, 0.25) is 0 Å². The van der Waals surface area contributed by atoms with Crippen molar-refractivity contribution in [3.8, 4) is 5.75 Å². The number of rotatable bonds is 4. The van der Waals surface area contributed by atoms with Gasteiger partial charge in [-0.2, -0.15) is 0 Å². The molecule has 1 aromatic carbocycles. The van der Waals surface area contributed by atoms with E-state index in [4.69, 9.17) is 9.79 Å². The van der Waals surface area contributed by atoms with Crippen LogP contribution in [0.1, 0.15) is 0 Å². The summed E-state index contributed by atoms with van der Waals surface area (Å²) in [5.74, 6) is 0.255. The molecular weight excluding hydrogens is 241 g/mol. The van der Waals surface area contributed by atoms with Gasteiger partial charge in [-0.15, -0.1) is 0 Å². The van der Waals surface area contributed by atoms with Gasteiger partial charge in [0.2, 0.25) is 10.0 Å². The molecule has 3 N–H and O–H groups in total. The molecule has 0 fully saturated rings. The predicted molar refractivity (Wildman–Crippen MR) is 56.9 cm³/mol. The van der Waals surface area contributed by atoms with Crippen molar-refractivity contribution in [2.45, 2.75) is 0 Å². The topological polar surface area (TPSA) is 95.9 Å². The molecule has 0 aliphatic heterocycles. The first-order valence-electron chi connectivity index (χ1n) is 3.80. The summed E-state index contributed by atoms with van der Waals surface area (Å²) in [7, 11) is -5.75. The van der Waals surface area contributed by atoms with E-state index in [0.29, 0.717) is 5.69 Å². The van der Waals surface area contributed by atoms with Gasteiger partial charge in [-0.05, 0) is 24.3 Å². The van der Waals surface area contributed by atoms with Gasteiger partial charge in [-0.1, -0.05) is 0 Å². The Hall–Kier alpha value is -0.880. The lowest BCUT2D eigenvalue weighted by Gasteiger charge is -2.07. The summed E-state index contributed by atoms with van der Waals surface area (Å²) in [4.78, 5) is 17.1. The largest absolute Gasteiger partial charge is 0.427 e. The highest BCUT2D eigenvalue weighted by Crippen LogP contribution is 2.29. The van der Waals surface area contributed by atoms with E-state index in [1.807, 2.05) is 0 Å². The fourth-order valence-corrected chi connectivity index (χ4v) is 1.77. The zero-order valence-corrected chi connectivity index (χ0v) is 9.49. The summed E-state index contributed by atoms with van der Waals surface area (Å²) < 4.78 is 28.5. The fourth-order valence-electron chi connectivity index (χ4n) is 0.892. The monoisotopic (exact) mass is 251 g/mol. The molecular formula is C7H10NO5PS. The lowest BCUT2D eigenvalue weighted by atomic mass is 10.3. The molecule has 0 atom stereocenters. The van der Waals surface area contributed by atoms with Gasteiger partial charge in [-0.25, -0.2) is 8.42 Å². The first-order valence-corrected chi connectivity index (χ1v) is 6.86. The van der Waals surface area contributed by atoms with Gasteiger partial charge >= 0.3 is 8.60 Å². The third-order valence-electron chi connectivity index (χ3n) is 1.34. The Balaban J connectivity index is 2.73. The summed E-state index contributed by atoms with van der Waals surface area (Å²) in [5, 5.41) is 0. The van der Waals surface area contributed by atoms with Crippen LogP contribution in [-0.2, 0) is 10.0 Å². The number of nitrogens with one attached hydrogen (secondary N) is 1. The second-order valence-corrected chi connectivity index (χ2v) is 5.18. The maximum atomic E-state index is 10.8. The Kier molecular flexibility index (Phi) is 3.87. The van der Waals surface area contributed by atoms with Crippen molar-refractivity contribution in [2.24, 2.45) is 0 Å². The molecule has 15 heavy (non-hydrogen) atoms. The van der Waals surface area contributed by atoms with Crippen molar-refractivity contribution in [1.29, 1.82) is 0 Å². The molecule has 0 aromatic heterocycles. The average molecular weight is 251 g/mol. The summed E-state index contributed by atoms with van der Waals surface area (Å²) in [6.07, 6.45) is 1.04. The average Bonchev–Trinajstić information content (AvgIpc) is 2.05. The normalized spacial score (nSPS) is 11.5.